The van der Waals surface area contributed by atoms with Crippen LogP contribution in [0.15, 0.2) is 53.8 Å². The fourth-order valence-electron chi connectivity index (χ4n) is 4.63. The summed E-state index contributed by atoms with van der Waals surface area (Å²) < 4.78 is 29.7. The number of piperidine rings is 1. The van der Waals surface area contributed by atoms with Crippen molar-refractivity contribution in [3.05, 3.63) is 60.0 Å². The van der Waals surface area contributed by atoms with Crippen molar-refractivity contribution in [3.63, 3.8) is 0 Å². The molecule has 5 rings (SSSR count). The van der Waals surface area contributed by atoms with Gasteiger partial charge in [-0.25, -0.2) is 18.4 Å². The van der Waals surface area contributed by atoms with Gasteiger partial charge in [0.05, 0.1) is 16.8 Å². The molecule has 7 nitrogen and oxygen atoms in total. The average molecular weight is 465 g/mol. The lowest BCUT2D eigenvalue weighted by molar-refractivity contribution is 0.138. The molecule has 2 aliphatic heterocycles. The standard InChI is InChI=1S/C25H28N4O3S/c1-3-17-14-27-25(28-15-17)29-10-8-19(9-11-29)23-13-20-12-22(26-16-24(20)32-23)18-4-6-21(7-5-18)33(2,30)31/h4-7,12,14-16,19,23H,3,8-11,13H2,1-2H3. The van der Waals surface area contributed by atoms with Crippen molar-refractivity contribution < 1.29 is 13.2 Å². The number of rotatable bonds is 5. The Morgan fingerprint density at radius 1 is 1.03 bits per heavy atom. The molecule has 0 radical (unpaired) electrons. The number of nitrogens with zero attached hydrogens (tertiary/aromatic N) is 4. The zero-order valence-electron chi connectivity index (χ0n) is 18.9. The molecule has 1 unspecified atom stereocenters. The van der Waals surface area contributed by atoms with Crippen molar-refractivity contribution >= 4 is 15.8 Å². The van der Waals surface area contributed by atoms with E-state index in [0.29, 0.717) is 10.8 Å². The summed E-state index contributed by atoms with van der Waals surface area (Å²) in [6, 6.07) is 8.95. The molecule has 0 bridgehead atoms. The van der Waals surface area contributed by atoms with Crippen LogP contribution in [-0.2, 0) is 22.7 Å². The number of aryl methyl sites for hydroxylation is 1. The first-order valence-corrected chi connectivity index (χ1v) is 13.3. The predicted octanol–water partition coefficient (Wildman–Crippen LogP) is 3.72. The highest BCUT2D eigenvalue weighted by molar-refractivity contribution is 7.90. The molecule has 0 saturated carbocycles. The molecular weight excluding hydrogens is 436 g/mol. The van der Waals surface area contributed by atoms with Gasteiger partial charge in [0.1, 0.15) is 11.9 Å². The van der Waals surface area contributed by atoms with Crippen LogP contribution in [0.1, 0.15) is 30.9 Å². The van der Waals surface area contributed by atoms with Crippen LogP contribution >= 0.6 is 0 Å². The van der Waals surface area contributed by atoms with E-state index in [4.69, 9.17) is 4.74 Å². The van der Waals surface area contributed by atoms with E-state index >= 15 is 0 Å². The summed E-state index contributed by atoms with van der Waals surface area (Å²) in [5.74, 6) is 2.16. The largest absolute Gasteiger partial charge is 0.488 e. The number of hydrogen-bond donors (Lipinski definition) is 0. The molecule has 1 saturated heterocycles. The van der Waals surface area contributed by atoms with E-state index in [0.717, 1.165) is 72.9 Å². The van der Waals surface area contributed by atoms with Gasteiger partial charge in [0, 0.05) is 49.3 Å². The van der Waals surface area contributed by atoms with Crippen molar-refractivity contribution in [1.29, 1.82) is 0 Å². The van der Waals surface area contributed by atoms with Crippen LogP contribution in [0.5, 0.6) is 5.75 Å². The summed E-state index contributed by atoms with van der Waals surface area (Å²) >= 11 is 0. The van der Waals surface area contributed by atoms with Gasteiger partial charge in [-0.1, -0.05) is 19.1 Å². The van der Waals surface area contributed by atoms with Crippen LogP contribution in [0.25, 0.3) is 11.3 Å². The van der Waals surface area contributed by atoms with Gasteiger partial charge >= 0.3 is 0 Å². The molecule has 1 atom stereocenters. The number of anilines is 1. The summed E-state index contributed by atoms with van der Waals surface area (Å²) in [6.45, 7) is 3.97. The number of hydrogen-bond acceptors (Lipinski definition) is 7. The topological polar surface area (TPSA) is 85.3 Å². The van der Waals surface area contributed by atoms with Crippen LogP contribution in [0.4, 0.5) is 5.95 Å². The Balaban J connectivity index is 1.23. The Hall–Kier alpha value is -3.00. The predicted molar refractivity (Wildman–Crippen MR) is 127 cm³/mol. The summed E-state index contributed by atoms with van der Waals surface area (Å²) in [7, 11) is -3.21. The third-order valence-electron chi connectivity index (χ3n) is 6.67. The lowest BCUT2D eigenvalue weighted by Crippen LogP contribution is -2.40. The first kappa shape index (κ1) is 21.8. The second-order valence-electron chi connectivity index (χ2n) is 8.90. The Morgan fingerprint density at radius 3 is 2.36 bits per heavy atom. The van der Waals surface area contributed by atoms with E-state index in [1.54, 1.807) is 18.3 Å². The van der Waals surface area contributed by atoms with Crippen molar-refractivity contribution in [3.8, 4) is 17.0 Å². The number of benzene rings is 1. The first-order chi connectivity index (χ1) is 15.9. The minimum Gasteiger partial charge on any atom is -0.488 e. The summed E-state index contributed by atoms with van der Waals surface area (Å²) in [5, 5.41) is 0. The number of pyridine rings is 1. The summed E-state index contributed by atoms with van der Waals surface area (Å²) in [5.41, 5.74) is 4.06. The fraction of sp³-hybridized carbons (Fsp3) is 0.400. The quantitative estimate of drug-likeness (QED) is 0.569. The molecule has 2 aromatic heterocycles. The van der Waals surface area contributed by atoms with Gasteiger partial charge in [-0.3, -0.25) is 4.98 Å². The maximum absolute atomic E-state index is 11.7. The normalized spacial score (nSPS) is 18.7. The molecule has 3 aromatic rings. The molecule has 4 heterocycles. The monoisotopic (exact) mass is 464 g/mol. The van der Waals surface area contributed by atoms with Gasteiger partial charge in [-0.2, -0.15) is 0 Å². The first-order valence-electron chi connectivity index (χ1n) is 11.4. The minimum absolute atomic E-state index is 0.162. The van der Waals surface area contributed by atoms with E-state index < -0.39 is 9.84 Å². The van der Waals surface area contributed by atoms with E-state index in [1.165, 1.54) is 6.26 Å². The fourth-order valence-corrected chi connectivity index (χ4v) is 5.26. The Labute approximate surface area is 194 Å². The summed E-state index contributed by atoms with van der Waals surface area (Å²) in [6.07, 6.45) is 10.9. The zero-order chi connectivity index (χ0) is 23.0. The van der Waals surface area contributed by atoms with E-state index in [2.05, 4.69) is 32.8 Å². The van der Waals surface area contributed by atoms with Gasteiger partial charge in [0.25, 0.3) is 0 Å². The van der Waals surface area contributed by atoms with E-state index in [1.807, 2.05) is 24.5 Å². The van der Waals surface area contributed by atoms with Crippen molar-refractivity contribution in [2.45, 2.75) is 43.6 Å². The SMILES string of the molecule is CCc1cnc(N2CCC(C3Cc4cc(-c5ccc(S(C)(=O)=O)cc5)ncc4O3)CC2)nc1. The molecule has 2 aliphatic rings. The Kier molecular flexibility index (Phi) is 5.78. The smallest absolute Gasteiger partial charge is 0.225 e. The Morgan fingerprint density at radius 2 is 1.73 bits per heavy atom. The van der Waals surface area contributed by atoms with Crippen LogP contribution in [-0.4, -0.2) is 48.8 Å². The van der Waals surface area contributed by atoms with Crippen molar-refractivity contribution in [2.75, 3.05) is 24.2 Å². The number of ether oxygens (including phenoxy) is 1. The molecule has 172 valence electrons. The van der Waals surface area contributed by atoms with Crippen molar-refractivity contribution in [2.24, 2.45) is 5.92 Å². The lowest BCUT2D eigenvalue weighted by atomic mass is 9.89. The van der Waals surface area contributed by atoms with Crippen LogP contribution < -0.4 is 9.64 Å². The third-order valence-corrected chi connectivity index (χ3v) is 7.80. The highest BCUT2D eigenvalue weighted by Crippen LogP contribution is 2.37. The van der Waals surface area contributed by atoms with Crippen molar-refractivity contribution in [1.82, 2.24) is 15.0 Å². The molecule has 1 aromatic carbocycles. The van der Waals surface area contributed by atoms with Crippen LogP contribution in [0.2, 0.25) is 0 Å². The third kappa shape index (κ3) is 4.57. The maximum atomic E-state index is 11.7. The van der Waals surface area contributed by atoms with Gasteiger partial charge in [0.15, 0.2) is 9.84 Å². The highest BCUT2D eigenvalue weighted by atomic mass is 32.2. The molecule has 33 heavy (non-hydrogen) atoms. The molecular formula is C25H28N4O3S. The average Bonchev–Trinajstić information content (AvgIpc) is 3.27. The molecule has 8 heteroatoms. The molecule has 0 N–H and O–H groups in total. The molecule has 0 amide bonds. The lowest BCUT2D eigenvalue weighted by Gasteiger charge is -2.34. The maximum Gasteiger partial charge on any atom is 0.225 e. The van der Waals surface area contributed by atoms with E-state index in [-0.39, 0.29) is 6.10 Å². The number of aromatic nitrogens is 3. The molecule has 0 spiro atoms. The number of fused-ring (bicyclic) bond motifs is 1. The second-order valence-corrected chi connectivity index (χ2v) is 10.9. The van der Waals surface area contributed by atoms with Gasteiger partial charge in [0.2, 0.25) is 5.95 Å². The van der Waals surface area contributed by atoms with Crippen LogP contribution in [0.3, 0.4) is 0 Å². The highest BCUT2D eigenvalue weighted by Gasteiger charge is 2.33. The zero-order valence-corrected chi connectivity index (χ0v) is 19.8. The Bertz CT molecular complexity index is 1240. The molecule has 1 fully saturated rings. The van der Waals surface area contributed by atoms with Crippen LogP contribution in [0, 0.1) is 5.92 Å². The van der Waals surface area contributed by atoms with Gasteiger partial charge in [-0.15, -0.1) is 0 Å². The van der Waals surface area contributed by atoms with Gasteiger partial charge in [-0.05, 0) is 48.9 Å². The molecule has 0 aliphatic carbocycles. The second kappa shape index (κ2) is 8.74. The number of sulfone groups is 1. The van der Waals surface area contributed by atoms with E-state index in [9.17, 15) is 8.42 Å². The van der Waals surface area contributed by atoms with Gasteiger partial charge < -0.3 is 9.64 Å². The summed E-state index contributed by atoms with van der Waals surface area (Å²) in [4.78, 5) is 16.2. The minimum atomic E-state index is -3.21.